The maximum atomic E-state index is 5.86. The van der Waals surface area contributed by atoms with Crippen LogP contribution in [0, 0.1) is 12.8 Å². The second-order valence-corrected chi connectivity index (χ2v) is 4.95. The highest BCUT2D eigenvalue weighted by Crippen LogP contribution is 2.27. The van der Waals surface area contributed by atoms with Gasteiger partial charge >= 0.3 is 0 Å². The van der Waals surface area contributed by atoms with Gasteiger partial charge < -0.3 is 10.5 Å². The van der Waals surface area contributed by atoms with Gasteiger partial charge in [0.2, 0.25) is 11.2 Å². The molecule has 0 saturated heterocycles. The van der Waals surface area contributed by atoms with E-state index in [2.05, 4.69) is 9.97 Å². The van der Waals surface area contributed by atoms with E-state index in [1.807, 2.05) is 0 Å². The Morgan fingerprint density at radius 2 is 2.00 bits per heavy atom. The molecule has 0 aromatic carbocycles. The molecule has 1 fully saturated rings. The Morgan fingerprint density at radius 1 is 1.29 bits per heavy atom. The van der Waals surface area contributed by atoms with Crippen molar-refractivity contribution in [2.45, 2.75) is 39.0 Å². The van der Waals surface area contributed by atoms with Gasteiger partial charge in [-0.25, -0.2) is 4.98 Å². The minimum Gasteiger partial charge on any atom is -0.476 e. The molecule has 0 unspecified atom stereocenters. The Labute approximate surface area is 107 Å². The maximum absolute atomic E-state index is 5.86. The van der Waals surface area contributed by atoms with Gasteiger partial charge in [-0.1, -0.05) is 19.3 Å². The van der Waals surface area contributed by atoms with Crippen molar-refractivity contribution in [1.82, 2.24) is 9.97 Å². The van der Waals surface area contributed by atoms with Gasteiger partial charge in [0.05, 0.1) is 12.3 Å². The Bertz CT molecular complexity index is 392. The van der Waals surface area contributed by atoms with Crippen LogP contribution in [0.4, 0.5) is 5.69 Å². The van der Waals surface area contributed by atoms with Crippen LogP contribution in [0.25, 0.3) is 0 Å². The molecule has 1 saturated carbocycles. The maximum Gasteiger partial charge on any atom is 0.241 e. The average Bonchev–Trinajstić information content (AvgIpc) is 2.33. The number of anilines is 1. The zero-order valence-corrected chi connectivity index (χ0v) is 10.8. The van der Waals surface area contributed by atoms with Crippen molar-refractivity contribution in [2.75, 3.05) is 12.3 Å². The Morgan fingerprint density at radius 3 is 2.71 bits per heavy atom. The van der Waals surface area contributed by atoms with E-state index in [4.69, 9.17) is 22.1 Å². The molecule has 0 atom stereocenters. The number of nitrogens with two attached hydrogens (primary N) is 1. The van der Waals surface area contributed by atoms with Crippen LogP contribution < -0.4 is 10.5 Å². The molecule has 0 amide bonds. The second kappa shape index (κ2) is 5.54. The zero-order chi connectivity index (χ0) is 12.3. The lowest BCUT2D eigenvalue weighted by molar-refractivity contribution is 0.203. The number of aryl methyl sites for hydroxylation is 1. The first-order valence-corrected chi connectivity index (χ1v) is 6.47. The molecule has 2 N–H and O–H groups in total. The summed E-state index contributed by atoms with van der Waals surface area (Å²) in [6, 6.07) is 0. The van der Waals surface area contributed by atoms with Crippen molar-refractivity contribution in [3.63, 3.8) is 0 Å². The molecule has 0 radical (unpaired) electrons. The van der Waals surface area contributed by atoms with Gasteiger partial charge in [0, 0.05) is 0 Å². The molecular formula is C12H18ClN3O. The molecule has 1 aromatic heterocycles. The van der Waals surface area contributed by atoms with E-state index in [0.29, 0.717) is 29.8 Å². The summed E-state index contributed by atoms with van der Waals surface area (Å²) in [5.74, 6) is 1.05. The molecule has 4 nitrogen and oxygen atoms in total. The fourth-order valence-electron chi connectivity index (χ4n) is 2.18. The summed E-state index contributed by atoms with van der Waals surface area (Å²) >= 11 is 5.79. The van der Waals surface area contributed by atoms with E-state index in [1.165, 1.54) is 32.1 Å². The fraction of sp³-hybridized carbons (Fsp3) is 0.667. The molecule has 2 rings (SSSR count). The minimum absolute atomic E-state index is 0.190. The fourth-order valence-corrected chi connectivity index (χ4v) is 2.39. The first-order chi connectivity index (χ1) is 8.16. The predicted octanol–water partition coefficient (Wildman–Crippen LogP) is 2.98. The van der Waals surface area contributed by atoms with Crippen molar-refractivity contribution in [1.29, 1.82) is 0 Å². The Kier molecular flexibility index (Phi) is 4.05. The molecule has 0 spiro atoms. The minimum atomic E-state index is 0.190. The Hall–Kier alpha value is -1.03. The van der Waals surface area contributed by atoms with Crippen molar-refractivity contribution in [3.05, 3.63) is 11.0 Å². The topological polar surface area (TPSA) is 61.0 Å². The van der Waals surface area contributed by atoms with Crippen LogP contribution in [0.2, 0.25) is 5.28 Å². The van der Waals surface area contributed by atoms with Crippen molar-refractivity contribution >= 4 is 17.3 Å². The van der Waals surface area contributed by atoms with Crippen molar-refractivity contribution < 1.29 is 4.74 Å². The van der Waals surface area contributed by atoms with E-state index < -0.39 is 0 Å². The molecule has 1 aliphatic rings. The number of aromatic nitrogens is 2. The van der Waals surface area contributed by atoms with E-state index in [9.17, 15) is 0 Å². The molecule has 0 aliphatic heterocycles. The van der Waals surface area contributed by atoms with Crippen LogP contribution in [-0.4, -0.2) is 16.6 Å². The summed E-state index contributed by atoms with van der Waals surface area (Å²) < 4.78 is 5.68. The summed E-state index contributed by atoms with van der Waals surface area (Å²) in [6.07, 6.45) is 6.41. The summed E-state index contributed by atoms with van der Waals surface area (Å²) in [5, 5.41) is 0.190. The predicted molar refractivity (Wildman–Crippen MR) is 68.3 cm³/mol. The number of nitrogens with zero attached hydrogens (tertiary/aromatic N) is 2. The van der Waals surface area contributed by atoms with Gasteiger partial charge in [0.25, 0.3) is 0 Å². The molecule has 94 valence electrons. The van der Waals surface area contributed by atoms with Gasteiger partial charge in [0.1, 0.15) is 5.69 Å². The van der Waals surface area contributed by atoms with Gasteiger partial charge in [-0.15, -0.1) is 0 Å². The summed E-state index contributed by atoms with van der Waals surface area (Å²) in [6.45, 7) is 2.48. The first-order valence-electron chi connectivity index (χ1n) is 6.09. The molecule has 1 aromatic rings. The van der Waals surface area contributed by atoms with Gasteiger partial charge in [-0.2, -0.15) is 4.98 Å². The third-order valence-electron chi connectivity index (χ3n) is 3.25. The number of hydrogen-bond acceptors (Lipinski definition) is 4. The first kappa shape index (κ1) is 12.4. The highest BCUT2D eigenvalue weighted by molar-refractivity contribution is 6.28. The molecule has 17 heavy (non-hydrogen) atoms. The summed E-state index contributed by atoms with van der Waals surface area (Å²) in [5.41, 5.74) is 7.02. The number of nitrogen functional groups attached to an aromatic ring is 1. The largest absolute Gasteiger partial charge is 0.476 e. The van der Waals surface area contributed by atoms with Crippen molar-refractivity contribution in [2.24, 2.45) is 5.92 Å². The van der Waals surface area contributed by atoms with E-state index in [1.54, 1.807) is 6.92 Å². The van der Waals surface area contributed by atoms with Crippen LogP contribution in [0.1, 0.15) is 37.8 Å². The lowest BCUT2D eigenvalue weighted by atomic mass is 9.90. The average molecular weight is 256 g/mol. The number of ether oxygens (including phenoxy) is 1. The molecule has 1 heterocycles. The SMILES string of the molecule is Cc1nc(Cl)nc(OCC2CCCCC2)c1N. The number of rotatable bonds is 3. The normalized spacial score (nSPS) is 17.1. The van der Waals surface area contributed by atoms with Crippen LogP contribution in [0.5, 0.6) is 5.88 Å². The third-order valence-corrected chi connectivity index (χ3v) is 3.42. The quantitative estimate of drug-likeness (QED) is 0.844. The highest BCUT2D eigenvalue weighted by Gasteiger charge is 2.16. The van der Waals surface area contributed by atoms with E-state index >= 15 is 0 Å². The monoisotopic (exact) mass is 255 g/mol. The third kappa shape index (κ3) is 3.22. The summed E-state index contributed by atoms with van der Waals surface area (Å²) in [7, 11) is 0. The van der Waals surface area contributed by atoms with Crippen LogP contribution in [-0.2, 0) is 0 Å². The number of hydrogen-bond donors (Lipinski definition) is 1. The van der Waals surface area contributed by atoms with Crippen LogP contribution in [0.3, 0.4) is 0 Å². The molecule has 5 heteroatoms. The lowest BCUT2D eigenvalue weighted by Gasteiger charge is -2.21. The van der Waals surface area contributed by atoms with Gasteiger partial charge in [-0.3, -0.25) is 0 Å². The zero-order valence-electron chi connectivity index (χ0n) is 10.1. The second-order valence-electron chi connectivity index (χ2n) is 4.61. The van der Waals surface area contributed by atoms with Gasteiger partial charge in [0.15, 0.2) is 0 Å². The van der Waals surface area contributed by atoms with E-state index in [-0.39, 0.29) is 5.28 Å². The number of halogens is 1. The van der Waals surface area contributed by atoms with E-state index in [0.717, 1.165) is 0 Å². The van der Waals surface area contributed by atoms with Crippen LogP contribution >= 0.6 is 11.6 Å². The smallest absolute Gasteiger partial charge is 0.241 e. The molecule has 1 aliphatic carbocycles. The summed E-state index contributed by atoms with van der Waals surface area (Å²) in [4.78, 5) is 8.00. The lowest BCUT2D eigenvalue weighted by Crippen LogP contribution is -2.16. The Balaban J connectivity index is 1.98. The van der Waals surface area contributed by atoms with Gasteiger partial charge in [-0.05, 0) is 37.3 Å². The molecular weight excluding hydrogens is 238 g/mol. The standard InChI is InChI=1S/C12H18ClN3O/c1-8-10(14)11(16-12(13)15-8)17-7-9-5-3-2-4-6-9/h9H,2-7,14H2,1H3. The highest BCUT2D eigenvalue weighted by atomic mass is 35.5. The molecule has 0 bridgehead atoms. The van der Waals surface area contributed by atoms with Crippen LogP contribution in [0.15, 0.2) is 0 Å². The van der Waals surface area contributed by atoms with Crippen molar-refractivity contribution in [3.8, 4) is 5.88 Å².